The fraction of sp³-hybridized carbons (Fsp3) is 0.133. The van der Waals surface area contributed by atoms with Gasteiger partial charge in [-0.15, -0.1) is 0 Å². The molecule has 0 unspecified atom stereocenters. The van der Waals surface area contributed by atoms with Crippen LogP contribution in [0.15, 0.2) is 40.9 Å². The van der Waals surface area contributed by atoms with Gasteiger partial charge < -0.3 is 15.2 Å². The van der Waals surface area contributed by atoms with Crippen molar-refractivity contribution in [3.05, 3.63) is 52.0 Å². The molecule has 2 aromatic carbocycles. The van der Waals surface area contributed by atoms with E-state index in [0.29, 0.717) is 22.7 Å². The van der Waals surface area contributed by atoms with Crippen LogP contribution in [-0.4, -0.2) is 13.1 Å². The van der Waals surface area contributed by atoms with Gasteiger partial charge in [0.1, 0.15) is 11.5 Å². The topological polar surface area (TPSA) is 61.5 Å². The van der Waals surface area contributed by atoms with Crippen molar-refractivity contribution in [2.24, 2.45) is 0 Å². The number of carbonyl (C=O) groups excluding carboxylic acids is 1. The number of nitrogens with two attached hydrogens (primary N) is 1. The van der Waals surface area contributed by atoms with Crippen LogP contribution in [0.1, 0.15) is 15.9 Å². The third-order valence-electron chi connectivity index (χ3n) is 2.82. The molecule has 0 saturated carbocycles. The molecule has 0 aliphatic heterocycles. The molecule has 5 heteroatoms. The quantitative estimate of drug-likeness (QED) is 0.682. The van der Waals surface area contributed by atoms with Crippen LogP contribution in [0, 0.1) is 6.92 Å². The minimum Gasteiger partial charge on any atom is -0.465 e. The highest BCUT2D eigenvalue weighted by molar-refractivity contribution is 9.10. The Morgan fingerprint density at radius 2 is 1.80 bits per heavy atom. The van der Waals surface area contributed by atoms with Gasteiger partial charge in [0.25, 0.3) is 0 Å². The lowest BCUT2D eigenvalue weighted by atomic mass is 10.1. The van der Waals surface area contributed by atoms with E-state index in [0.717, 1.165) is 10.0 Å². The number of ether oxygens (including phenoxy) is 2. The highest BCUT2D eigenvalue weighted by Crippen LogP contribution is 2.29. The van der Waals surface area contributed by atoms with Crippen LogP contribution in [0.2, 0.25) is 0 Å². The zero-order valence-corrected chi connectivity index (χ0v) is 12.7. The van der Waals surface area contributed by atoms with Gasteiger partial charge in [0, 0.05) is 10.2 Å². The Balaban J connectivity index is 2.35. The number of anilines is 1. The van der Waals surface area contributed by atoms with Crippen molar-refractivity contribution in [1.82, 2.24) is 0 Å². The molecule has 0 amide bonds. The number of carbonyl (C=O) groups is 1. The van der Waals surface area contributed by atoms with Crippen LogP contribution >= 0.6 is 15.9 Å². The second kappa shape index (κ2) is 5.96. The summed E-state index contributed by atoms with van der Waals surface area (Å²) in [6, 6.07) is 10.8. The van der Waals surface area contributed by atoms with E-state index in [1.807, 2.05) is 31.2 Å². The summed E-state index contributed by atoms with van der Waals surface area (Å²) in [5.74, 6) is 0.736. The smallest absolute Gasteiger partial charge is 0.340 e. The molecule has 0 fully saturated rings. The average molecular weight is 336 g/mol. The molecule has 0 atom stereocenters. The van der Waals surface area contributed by atoms with Gasteiger partial charge in [-0.3, -0.25) is 0 Å². The summed E-state index contributed by atoms with van der Waals surface area (Å²) in [7, 11) is 1.32. The molecule has 0 spiro atoms. The third kappa shape index (κ3) is 3.11. The summed E-state index contributed by atoms with van der Waals surface area (Å²) in [6.45, 7) is 1.82. The summed E-state index contributed by atoms with van der Waals surface area (Å²) in [5, 5.41) is 0. The van der Waals surface area contributed by atoms with E-state index in [9.17, 15) is 4.79 Å². The van der Waals surface area contributed by atoms with Gasteiger partial charge in [-0.05, 0) is 48.9 Å². The first kappa shape index (κ1) is 14.4. The first-order chi connectivity index (χ1) is 9.51. The second-order valence-corrected chi connectivity index (χ2v) is 5.16. The lowest BCUT2D eigenvalue weighted by Crippen LogP contribution is -2.07. The van der Waals surface area contributed by atoms with E-state index < -0.39 is 5.97 Å². The molecule has 0 aliphatic carbocycles. The average Bonchev–Trinajstić information content (AvgIpc) is 2.44. The Labute approximate surface area is 125 Å². The first-order valence-corrected chi connectivity index (χ1v) is 6.72. The fourth-order valence-electron chi connectivity index (χ4n) is 1.74. The Hall–Kier alpha value is -2.01. The van der Waals surface area contributed by atoms with Gasteiger partial charge in [0.05, 0.1) is 12.7 Å². The molecule has 0 radical (unpaired) electrons. The van der Waals surface area contributed by atoms with Crippen LogP contribution in [0.4, 0.5) is 5.69 Å². The molecule has 20 heavy (non-hydrogen) atoms. The largest absolute Gasteiger partial charge is 0.465 e. The number of rotatable bonds is 3. The SMILES string of the molecule is COC(=O)c1cc(Oc2ccc(Br)cc2)cc(C)c1N. The molecule has 2 N–H and O–H groups in total. The molecule has 4 nitrogen and oxygen atoms in total. The number of nitrogen functional groups attached to an aromatic ring is 1. The molecule has 0 bridgehead atoms. The highest BCUT2D eigenvalue weighted by atomic mass is 79.9. The predicted molar refractivity (Wildman–Crippen MR) is 81.1 cm³/mol. The van der Waals surface area contributed by atoms with E-state index in [1.165, 1.54) is 7.11 Å². The van der Waals surface area contributed by atoms with Gasteiger partial charge in [0.15, 0.2) is 0 Å². The monoisotopic (exact) mass is 335 g/mol. The van der Waals surface area contributed by atoms with Crippen molar-refractivity contribution in [3.8, 4) is 11.5 Å². The van der Waals surface area contributed by atoms with E-state index in [-0.39, 0.29) is 0 Å². The molecule has 0 saturated heterocycles. The molecule has 0 aromatic heterocycles. The number of benzene rings is 2. The van der Waals surface area contributed by atoms with Gasteiger partial charge in [-0.25, -0.2) is 4.79 Å². The molecule has 0 aliphatic rings. The van der Waals surface area contributed by atoms with Crippen molar-refractivity contribution in [3.63, 3.8) is 0 Å². The lowest BCUT2D eigenvalue weighted by molar-refractivity contribution is 0.0601. The second-order valence-electron chi connectivity index (χ2n) is 4.25. The summed E-state index contributed by atoms with van der Waals surface area (Å²) >= 11 is 3.36. The zero-order chi connectivity index (χ0) is 14.7. The summed E-state index contributed by atoms with van der Waals surface area (Å²) < 4.78 is 11.4. The van der Waals surface area contributed by atoms with Crippen LogP contribution in [0.25, 0.3) is 0 Å². The highest BCUT2D eigenvalue weighted by Gasteiger charge is 2.14. The van der Waals surface area contributed by atoms with Crippen molar-refractivity contribution < 1.29 is 14.3 Å². The van der Waals surface area contributed by atoms with Crippen LogP contribution in [-0.2, 0) is 4.74 Å². The maximum atomic E-state index is 11.7. The van der Waals surface area contributed by atoms with E-state index >= 15 is 0 Å². The summed E-state index contributed by atoms with van der Waals surface area (Å²) in [6.07, 6.45) is 0. The van der Waals surface area contributed by atoms with Crippen LogP contribution in [0.5, 0.6) is 11.5 Å². The normalized spacial score (nSPS) is 10.2. The van der Waals surface area contributed by atoms with E-state index in [1.54, 1.807) is 12.1 Å². The molecular weight excluding hydrogens is 322 g/mol. The van der Waals surface area contributed by atoms with Crippen molar-refractivity contribution in [2.45, 2.75) is 6.92 Å². The summed E-state index contributed by atoms with van der Waals surface area (Å²) in [5.41, 5.74) is 7.35. The van der Waals surface area contributed by atoms with E-state index in [2.05, 4.69) is 15.9 Å². The number of aryl methyl sites for hydroxylation is 1. The Morgan fingerprint density at radius 1 is 1.15 bits per heavy atom. The van der Waals surface area contributed by atoms with Gasteiger partial charge in [0.2, 0.25) is 0 Å². The van der Waals surface area contributed by atoms with Crippen LogP contribution in [0.3, 0.4) is 0 Å². The molecule has 0 heterocycles. The molecular formula is C15H14BrNO3. The maximum Gasteiger partial charge on any atom is 0.340 e. The lowest BCUT2D eigenvalue weighted by Gasteiger charge is -2.11. The van der Waals surface area contributed by atoms with Gasteiger partial charge in [-0.1, -0.05) is 15.9 Å². The van der Waals surface area contributed by atoms with Gasteiger partial charge in [-0.2, -0.15) is 0 Å². The molecule has 2 aromatic rings. The number of hydrogen-bond donors (Lipinski definition) is 1. The minimum absolute atomic E-state index is 0.305. The number of methoxy groups -OCH3 is 1. The summed E-state index contributed by atoms with van der Waals surface area (Å²) in [4.78, 5) is 11.7. The fourth-order valence-corrected chi connectivity index (χ4v) is 2.01. The maximum absolute atomic E-state index is 11.7. The minimum atomic E-state index is -0.480. The Bertz CT molecular complexity index is 638. The van der Waals surface area contributed by atoms with E-state index in [4.69, 9.17) is 15.2 Å². The number of halogens is 1. The first-order valence-electron chi connectivity index (χ1n) is 5.93. The zero-order valence-electron chi connectivity index (χ0n) is 11.1. The predicted octanol–water partition coefficient (Wildman–Crippen LogP) is 3.92. The standard InChI is InChI=1S/C15H14BrNO3/c1-9-7-12(8-13(14(9)17)15(18)19-2)20-11-5-3-10(16)4-6-11/h3-8H,17H2,1-2H3. The molecule has 104 valence electrons. The van der Waals surface area contributed by atoms with Crippen molar-refractivity contribution in [2.75, 3.05) is 12.8 Å². The van der Waals surface area contributed by atoms with Crippen LogP contribution < -0.4 is 10.5 Å². The number of esters is 1. The van der Waals surface area contributed by atoms with Crippen molar-refractivity contribution in [1.29, 1.82) is 0 Å². The molecule has 2 rings (SSSR count). The third-order valence-corrected chi connectivity index (χ3v) is 3.34. The van der Waals surface area contributed by atoms with Gasteiger partial charge >= 0.3 is 5.97 Å². The number of hydrogen-bond acceptors (Lipinski definition) is 4. The van der Waals surface area contributed by atoms with Crippen molar-refractivity contribution >= 4 is 27.6 Å². The Kier molecular flexibility index (Phi) is 4.29. The Morgan fingerprint density at radius 3 is 2.40 bits per heavy atom.